The zero-order chi connectivity index (χ0) is 25.7. The summed E-state index contributed by atoms with van der Waals surface area (Å²) >= 11 is 0. The zero-order valence-electron chi connectivity index (χ0n) is 19.2. The van der Waals surface area contributed by atoms with Crippen LogP contribution in [0, 0.1) is 5.92 Å². The van der Waals surface area contributed by atoms with Crippen LogP contribution < -0.4 is 16.0 Å². The van der Waals surface area contributed by atoms with Crippen molar-refractivity contribution in [2.45, 2.75) is 38.3 Å². The van der Waals surface area contributed by atoms with Crippen LogP contribution in [0.5, 0.6) is 0 Å². The molecule has 3 amide bonds. The van der Waals surface area contributed by atoms with E-state index < -0.39 is 29.2 Å². The molecule has 0 radical (unpaired) electrons. The molecule has 1 fully saturated rings. The number of rotatable bonds is 6. The van der Waals surface area contributed by atoms with Crippen LogP contribution in [-0.2, 0) is 11.0 Å². The number of nitrogens with one attached hydrogen (secondary N) is 3. The van der Waals surface area contributed by atoms with Gasteiger partial charge in [0, 0.05) is 22.9 Å². The van der Waals surface area contributed by atoms with Crippen molar-refractivity contribution in [3.05, 3.63) is 77.7 Å². The average molecular weight is 499 g/mol. The first kappa shape index (κ1) is 25.0. The number of alkyl halides is 3. The van der Waals surface area contributed by atoms with E-state index in [1.54, 1.807) is 12.1 Å². The molecule has 0 saturated heterocycles. The maximum atomic E-state index is 13.7. The third-order valence-corrected chi connectivity index (χ3v) is 5.98. The summed E-state index contributed by atoms with van der Waals surface area (Å²) in [5.74, 6) is -1.62. The molecule has 7 nitrogen and oxygen atoms in total. The highest BCUT2D eigenvalue weighted by atomic mass is 19.4. The highest BCUT2D eigenvalue weighted by Crippen LogP contribution is 2.37. The molecule has 0 atom stereocenters. The number of furan rings is 1. The van der Waals surface area contributed by atoms with Crippen LogP contribution in [0.2, 0.25) is 0 Å². The molecule has 1 saturated carbocycles. The van der Waals surface area contributed by atoms with E-state index in [4.69, 9.17) is 4.42 Å². The Bertz CT molecular complexity index is 1250. The van der Waals surface area contributed by atoms with Crippen molar-refractivity contribution >= 4 is 34.8 Å². The van der Waals surface area contributed by atoms with E-state index >= 15 is 0 Å². The Morgan fingerprint density at radius 1 is 0.806 bits per heavy atom. The summed E-state index contributed by atoms with van der Waals surface area (Å²) < 4.78 is 46.1. The number of hydrogen-bond donors (Lipinski definition) is 3. The minimum Gasteiger partial charge on any atom is -0.472 e. The number of amides is 3. The topological polar surface area (TPSA) is 100 Å². The fourth-order valence-electron chi connectivity index (χ4n) is 4.10. The predicted octanol–water partition coefficient (Wildman–Crippen LogP) is 6.32. The average Bonchev–Trinajstić information content (AvgIpc) is 3.40. The number of anilines is 3. The fraction of sp³-hybridized carbons (Fsp3) is 0.269. The Morgan fingerprint density at radius 3 is 2.22 bits per heavy atom. The van der Waals surface area contributed by atoms with E-state index in [0.717, 1.165) is 44.2 Å². The van der Waals surface area contributed by atoms with Gasteiger partial charge in [0.15, 0.2) is 0 Å². The molecule has 10 heteroatoms. The lowest BCUT2D eigenvalue weighted by Gasteiger charge is -2.21. The van der Waals surface area contributed by atoms with E-state index in [-0.39, 0.29) is 28.6 Å². The second-order valence-electron chi connectivity index (χ2n) is 8.58. The Labute approximate surface area is 205 Å². The third kappa shape index (κ3) is 6.12. The van der Waals surface area contributed by atoms with Crippen LogP contribution in [0.4, 0.5) is 30.2 Å². The maximum absolute atomic E-state index is 13.7. The SMILES string of the molecule is O=C(Nc1ccc(NC(=O)c2cccc(NC(=O)C3CCCCC3)c2)c(C(F)(F)F)c1)c1ccoc1. The van der Waals surface area contributed by atoms with E-state index in [1.165, 1.54) is 36.8 Å². The molecule has 2 aromatic carbocycles. The molecule has 3 aromatic rings. The quantitative estimate of drug-likeness (QED) is 0.369. The van der Waals surface area contributed by atoms with Crippen molar-refractivity contribution in [2.24, 2.45) is 5.92 Å². The molecule has 0 bridgehead atoms. The van der Waals surface area contributed by atoms with Gasteiger partial charge >= 0.3 is 6.18 Å². The summed E-state index contributed by atoms with van der Waals surface area (Å²) in [5.41, 5.74) is -1.06. The second kappa shape index (κ2) is 10.7. The molecule has 3 N–H and O–H groups in total. The van der Waals surface area contributed by atoms with Crippen molar-refractivity contribution < 1.29 is 32.0 Å². The first-order valence-corrected chi connectivity index (χ1v) is 11.5. The number of hydrogen-bond acceptors (Lipinski definition) is 4. The molecule has 0 unspecified atom stereocenters. The summed E-state index contributed by atoms with van der Waals surface area (Å²) in [6, 6.07) is 10.5. The van der Waals surface area contributed by atoms with Gasteiger partial charge in [0.25, 0.3) is 11.8 Å². The normalized spacial score (nSPS) is 14.2. The number of benzene rings is 2. The van der Waals surface area contributed by atoms with Gasteiger partial charge in [-0.25, -0.2) is 0 Å². The van der Waals surface area contributed by atoms with Gasteiger partial charge in [-0.05, 0) is 55.3 Å². The molecule has 1 aromatic heterocycles. The molecule has 0 aliphatic heterocycles. The minimum atomic E-state index is -4.80. The van der Waals surface area contributed by atoms with Gasteiger partial charge in [-0.15, -0.1) is 0 Å². The van der Waals surface area contributed by atoms with E-state index in [0.29, 0.717) is 5.69 Å². The van der Waals surface area contributed by atoms with Crippen molar-refractivity contribution in [2.75, 3.05) is 16.0 Å². The Hall–Kier alpha value is -4.08. The molecule has 1 aliphatic rings. The van der Waals surface area contributed by atoms with Gasteiger partial charge in [0.05, 0.1) is 23.1 Å². The molecular weight excluding hydrogens is 475 g/mol. The van der Waals surface area contributed by atoms with Crippen LogP contribution in [-0.4, -0.2) is 17.7 Å². The van der Waals surface area contributed by atoms with Crippen molar-refractivity contribution in [3.63, 3.8) is 0 Å². The standard InChI is InChI=1S/C26H24F3N3O4/c27-26(28,29)21-14-20(31-25(35)18-11-12-36-15-18)9-10-22(21)32-24(34)17-7-4-8-19(13-17)30-23(33)16-5-2-1-3-6-16/h4,7-16H,1-3,5-6H2,(H,30,33)(H,31,35)(H,32,34). The van der Waals surface area contributed by atoms with Gasteiger partial charge in [-0.3, -0.25) is 14.4 Å². The largest absolute Gasteiger partial charge is 0.472 e. The van der Waals surface area contributed by atoms with Crippen molar-refractivity contribution in [1.82, 2.24) is 0 Å². The lowest BCUT2D eigenvalue weighted by atomic mass is 9.88. The highest BCUT2D eigenvalue weighted by Gasteiger charge is 2.34. The summed E-state index contributed by atoms with van der Waals surface area (Å²) in [6.07, 6.45) is 2.36. The zero-order valence-corrected chi connectivity index (χ0v) is 19.2. The van der Waals surface area contributed by atoms with Crippen LogP contribution in [0.15, 0.2) is 65.5 Å². The smallest absolute Gasteiger partial charge is 0.418 e. The summed E-state index contributed by atoms with van der Waals surface area (Å²) in [6.45, 7) is 0. The molecule has 0 spiro atoms. The van der Waals surface area contributed by atoms with Gasteiger partial charge in [0.2, 0.25) is 5.91 Å². The van der Waals surface area contributed by atoms with E-state index in [2.05, 4.69) is 16.0 Å². The van der Waals surface area contributed by atoms with Gasteiger partial charge in [-0.2, -0.15) is 13.2 Å². The first-order chi connectivity index (χ1) is 17.2. The minimum absolute atomic E-state index is 0.0851. The fourth-order valence-corrected chi connectivity index (χ4v) is 4.10. The molecule has 1 heterocycles. The highest BCUT2D eigenvalue weighted by molar-refractivity contribution is 6.07. The predicted molar refractivity (Wildman–Crippen MR) is 128 cm³/mol. The van der Waals surface area contributed by atoms with E-state index in [9.17, 15) is 27.6 Å². The van der Waals surface area contributed by atoms with Gasteiger partial charge in [0.1, 0.15) is 6.26 Å². The maximum Gasteiger partial charge on any atom is 0.418 e. The van der Waals surface area contributed by atoms with E-state index in [1.807, 2.05) is 0 Å². The molecular formula is C26H24F3N3O4. The second-order valence-corrected chi connectivity index (χ2v) is 8.58. The lowest BCUT2D eigenvalue weighted by Crippen LogP contribution is -2.25. The molecule has 1 aliphatic carbocycles. The summed E-state index contributed by atoms with van der Waals surface area (Å²) in [7, 11) is 0. The number of carbonyl (C=O) groups excluding carboxylic acids is 3. The van der Waals surface area contributed by atoms with Crippen LogP contribution >= 0.6 is 0 Å². The lowest BCUT2D eigenvalue weighted by molar-refractivity contribution is -0.136. The Balaban J connectivity index is 1.49. The van der Waals surface area contributed by atoms with Gasteiger partial charge < -0.3 is 20.4 Å². The van der Waals surface area contributed by atoms with Crippen LogP contribution in [0.1, 0.15) is 58.4 Å². The summed E-state index contributed by atoms with van der Waals surface area (Å²) in [5, 5.41) is 7.45. The van der Waals surface area contributed by atoms with Crippen LogP contribution in [0.3, 0.4) is 0 Å². The van der Waals surface area contributed by atoms with Crippen molar-refractivity contribution in [3.8, 4) is 0 Å². The first-order valence-electron chi connectivity index (χ1n) is 11.5. The molecule has 188 valence electrons. The van der Waals surface area contributed by atoms with Crippen LogP contribution in [0.25, 0.3) is 0 Å². The number of carbonyl (C=O) groups is 3. The number of halogens is 3. The molecule has 4 rings (SSSR count). The van der Waals surface area contributed by atoms with Crippen molar-refractivity contribution in [1.29, 1.82) is 0 Å². The monoisotopic (exact) mass is 499 g/mol. The Morgan fingerprint density at radius 2 is 1.53 bits per heavy atom. The van der Waals surface area contributed by atoms with Gasteiger partial charge in [-0.1, -0.05) is 25.3 Å². The molecule has 36 heavy (non-hydrogen) atoms. The third-order valence-electron chi connectivity index (χ3n) is 5.98. The Kier molecular flexibility index (Phi) is 7.42. The summed E-state index contributed by atoms with van der Waals surface area (Å²) in [4.78, 5) is 37.4.